The average Bonchev–Trinajstić information content (AvgIpc) is 2.50. The SMILES string of the molecule is C[C@@H]1CCCC[C@H]1OCCN1CCN(C[C@H](O)C(C)(C)C)CC1. The molecule has 0 amide bonds. The Bertz CT molecular complexity index is 335. The number of hydrogen-bond donors (Lipinski definition) is 1. The molecule has 4 nitrogen and oxygen atoms in total. The third kappa shape index (κ3) is 6.33. The van der Waals surface area contributed by atoms with Gasteiger partial charge in [0.25, 0.3) is 0 Å². The number of β-amino-alcohol motifs (C(OH)–C–C–N with tert-alkyl or cyclic N) is 1. The number of nitrogens with zero attached hydrogens (tertiary/aromatic N) is 2. The predicted molar refractivity (Wildman–Crippen MR) is 95.7 cm³/mol. The summed E-state index contributed by atoms with van der Waals surface area (Å²) in [6.45, 7) is 15.7. The summed E-state index contributed by atoms with van der Waals surface area (Å²) in [5.41, 5.74) is -0.0261. The maximum atomic E-state index is 10.2. The first-order valence-electron chi connectivity index (χ1n) is 9.60. The molecule has 1 N–H and O–H groups in total. The molecule has 1 heterocycles. The fraction of sp³-hybridized carbons (Fsp3) is 1.00. The largest absolute Gasteiger partial charge is 0.391 e. The summed E-state index contributed by atoms with van der Waals surface area (Å²) in [4.78, 5) is 4.91. The molecule has 2 fully saturated rings. The van der Waals surface area contributed by atoms with E-state index in [9.17, 15) is 5.11 Å². The van der Waals surface area contributed by atoms with Crippen LogP contribution in [0.2, 0.25) is 0 Å². The van der Waals surface area contributed by atoms with Crippen molar-refractivity contribution in [3.63, 3.8) is 0 Å². The first-order valence-corrected chi connectivity index (χ1v) is 9.60. The van der Waals surface area contributed by atoms with Crippen molar-refractivity contribution in [2.45, 2.75) is 65.6 Å². The molecule has 23 heavy (non-hydrogen) atoms. The van der Waals surface area contributed by atoms with Crippen molar-refractivity contribution in [1.29, 1.82) is 0 Å². The Kier molecular flexibility index (Phi) is 7.33. The predicted octanol–water partition coefficient (Wildman–Crippen LogP) is 2.61. The van der Waals surface area contributed by atoms with Crippen molar-refractivity contribution in [3.8, 4) is 0 Å². The molecule has 2 aliphatic rings. The molecule has 1 aliphatic heterocycles. The normalized spacial score (nSPS) is 29.6. The van der Waals surface area contributed by atoms with Crippen molar-refractivity contribution < 1.29 is 9.84 Å². The topological polar surface area (TPSA) is 35.9 Å². The van der Waals surface area contributed by atoms with Gasteiger partial charge >= 0.3 is 0 Å². The third-order valence-electron chi connectivity index (χ3n) is 5.67. The van der Waals surface area contributed by atoms with E-state index >= 15 is 0 Å². The molecule has 136 valence electrons. The fourth-order valence-electron chi connectivity index (χ4n) is 3.58. The van der Waals surface area contributed by atoms with Gasteiger partial charge in [-0.3, -0.25) is 9.80 Å². The number of rotatable bonds is 6. The Labute approximate surface area is 143 Å². The minimum absolute atomic E-state index is 0.0261. The standard InChI is InChI=1S/C19H38N2O2/c1-16-7-5-6-8-17(16)23-14-13-20-9-11-21(12-10-20)15-18(22)19(2,3)4/h16-18,22H,5-15H2,1-4H3/t16-,17-,18+/m1/s1. The molecule has 0 aromatic heterocycles. The Morgan fingerprint density at radius 3 is 2.26 bits per heavy atom. The van der Waals surface area contributed by atoms with Crippen molar-refractivity contribution in [1.82, 2.24) is 9.80 Å². The van der Waals surface area contributed by atoms with Crippen LogP contribution in [0.25, 0.3) is 0 Å². The molecule has 1 saturated carbocycles. The van der Waals surface area contributed by atoms with E-state index in [4.69, 9.17) is 4.74 Å². The van der Waals surface area contributed by atoms with Crippen molar-refractivity contribution in [2.24, 2.45) is 11.3 Å². The van der Waals surface area contributed by atoms with E-state index in [2.05, 4.69) is 37.5 Å². The van der Waals surface area contributed by atoms with Crippen molar-refractivity contribution >= 4 is 0 Å². The highest BCUT2D eigenvalue weighted by Gasteiger charge is 2.26. The Morgan fingerprint density at radius 2 is 1.65 bits per heavy atom. The van der Waals surface area contributed by atoms with Gasteiger partial charge in [0.2, 0.25) is 0 Å². The molecule has 0 spiro atoms. The number of aliphatic hydroxyl groups excluding tert-OH is 1. The average molecular weight is 327 g/mol. The second kappa shape index (κ2) is 8.80. The van der Waals surface area contributed by atoms with Gasteiger partial charge in [-0.25, -0.2) is 0 Å². The van der Waals surface area contributed by atoms with Gasteiger partial charge in [0.05, 0.1) is 18.8 Å². The van der Waals surface area contributed by atoms with Crippen LogP contribution in [0.3, 0.4) is 0 Å². The highest BCUT2D eigenvalue weighted by atomic mass is 16.5. The highest BCUT2D eigenvalue weighted by Crippen LogP contribution is 2.26. The van der Waals surface area contributed by atoms with E-state index in [-0.39, 0.29) is 11.5 Å². The van der Waals surface area contributed by atoms with Gasteiger partial charge in [0.1, 0.15) is 0 Å². The van der Waals surface area contributed by atoms with Crippen LogP contribution in [0.1, 0.15) is 53.4 Å². The lowest BCUT2D eigenvalue weighted by molar-refractivity contribution is -0.0227. The van der Waals surface area contributed by atoms with Crippen molar-refractivity contribution in [3.05, 3.63) is 0 Å². The summed E-state index contributed by atoms with van der Waals surface area (Å²) < 4.78 is 6.14. The summed E-state index contributed by atoms with van der Waals surface area (Å²) in [6, 6.07) is 0. The van der Waals surface area contributed by atoms with E-state index < -0.39 is 0 Å². The van der Waals surface area contributed by atoms with Crippen LogP contribution in [0.15, 0.2) is 0 Å². The van der Waals surface area contributed by atoms with Crippen molar-refractivity contribution in [2.75, 3.05) is 45.9 Å². The Balaban J connectivity index is 1.59. The zero-order valence-electron chi connectivity index (χ0n) is 15.8. The smallest absolute Gasteiger partial charge is 0.0715 e. The number of aliphatic hydroxyl groups is 1. The summed E-state index contributed by atoms with van der Waals surface area (Å²) in [5, 5.41) is 10.2. The first kappa shape index (κ1) is 19.2. The summed E-state index contributed by atoms with van der Waals surface area (Å²) in [6.07, 6.45) is 5.55. The van der Waals surface area contributed by atoms with E-state index in [1.54, 1.807) is 0 Å². The van der Waals surface area contributed by atoms with E-state index in [0.29, 0.717) is 6.10 Å². The molecule has 1 saturated heterocycles. The van der Waals surface area contributed by atoms with Gasteiger partial charge in [-0.05, 0) is 24.2 Å². The molecule has 4 heteroatoms. The van der Waals surface area contributed by atoms with Gasteiger partial charge in [-0.1, -0.05) is 40.5 Å². The molecule has 0 aromatic carbocycles. The Morgan fingerprint density at radius 1 is 1.04 bits per heavy atom. The van der Waals surface area contributed by atoms with Crippen LogP contribution in [0.5, 0.6) is 0 Å². The van der Waals surface area contributed by atoms with Crippen LogP contribution >= 0.6 is 0 Å². The van der Waals surface area contributed by atoms with Crippen LogP contribution < -0.4 is 0 Å². The zero-order valence-corrected chi connectivity index (χ0v) is 15.8. The quantitative estimate of drug-likeness (QED) is 0.814. The van der Waals surface area contributed by atoms with Gasteiger partial charge in [-0.2, -0.15) is 0 Å². The second-order valence-corrected chi connectivity index (χ2v) is 8.70. The van der Waals surface area contributed by atoms with Crippen LogP contribution in [-0.2, 0) is 4.74 Å². The lowest BCUT2D eigenvalue weighted by atomic mass is 9.88. The molecule has 0 bridgehead atoms. The zero-order chi connectivity index (χ0) is 16.9. The number of ether oxygens (including phenoxy) is 1. The molecule has 1 aliphatic carbocycles. The minimum atomic E-state index is -0.245. The van der Waals surface area contributed by atoms with Gasteiger partial charge in [0.15, 0.2) is 0 Å². The molecule has 2 rings (SSSR count). The minimum Gasteiger partial charge on any atom is -0.391 e. The van der Waals surface area contributed by atoms with E-state index in [1.807, 2.05) is 0 Å². The number of piperazine rings is 1. The maximum Gasteiger partial charge on any atom is 0.0715 e. The van der Waals surface area contributed by atoms with Gasteiger partial charge in [-0.15, -0.1) is 0 Å². The molecular formula is C19H38N2O2. The number of hydrogen-bond acceptors (Lipinski definition) is 4. The van der Waals surface area contributed by atoms with Gasteiger partial charge in [0, 0.05) is 39.3 Å². The van der Waals surface area contributed by atoms with Crippen LogP contribution in [-0.4, -0.2) is 73.0 Å². The fourth-order valence-corrected chi connectivity index (χ4v) is 3.58. The van der Waals surface area contributed by atoms with E-state index in [1.165, 1.54) is 25.7 Å². The summed E-state index contributed by atoms with van der Waals surface area (Å²) in [5.74, 6) is 0.736. The van der Waals surface area contributed by atoms with Gasteiger partial charge < -0.3 is 9.84 Å². The molecule has 0 radical (unpaired) electrons. The highest BCUT2D eigenvalue weighted by molar-refractivity contribution is 4.80. The summed E-state index contributed by atoms with van der Waals surface area (Å²) in [7, 11) is 0. The molecule has 0 aromatic rings. The molecule has 3 atom stereocenters. The molecule has 0 unspecified atom stereocenters. The Hall–Kier alpha value is -0.160. The van der Waals surface area contributed by atoms with Crippen LogP contribution in [0, 0.1) is 11.3 Å². The van der Waals surface area contributed by atoms with E-state index in [0.717, 1.165) is 51.8 Å². The third-order valence-corrected chi connectivity index (χ3v) is 5.67. The maximum absolute atomic E-state index is 10.2. The van der Waals surface area contributed by atoms with Crippen LogP contribution in [0.4, 0.5) is 0 Å². The first-order chi connectivity index (χ1) is 10.9. The lowest BCUT2D eigenvalue weighted by Gasteiger charge is -2.38. The lowest BCUT2D eigenvalue weighted by Crippen LogP contribution is -2.50. The second-order valence-electron chi connectivity index (χ2n) is 8.70. The summed E-state index contributed by atoms with van der Waals surface area (Å²) >= 11 is 0. The molecular weight excluding hydrogens is 288 g/mol. The monoisotopic (exact) mass is 326 g/mol.